The zero-order valence-corrected chi connectivity index (χ0v) is 38.6. The molecule has 5 heterocycles. The lowest BCUT2D eigenvalue weighted by Crippen LogP contribution is -2.05. The lowest BCUT2D eigenvalue weighted by atomic mass is 9.87. The summed E-state index contributed by atoms with van der Waals surface area (Å²) >= 11 is 1.88. The Balaban J connectivity index is 0.870. The molecule has 15 rings (SSSR count). The summed E-state index contributed by atoms with van der Waals surface area (Å²) < 4.78 is 18.2. The summed E-state index contributed by atoms with van der Waals surface area (Å²) in [5.41, 5.74) is 17.2. The molecule has 1 aliphatic rings. The van der Waals surface area contributed by atoms with Gasteiger partial charge in [0.05, 0.1) is 22.4 Å². The number of pyridine rings is 1. The van der Waals surface area contributed by atoms with Crippen LogP contribution in [-0.4, -0.2) is 9.55 Å². The van der Waals surface area contributed by atoms with Gasteiger partial charge >= 0.3 is 0 Å². The predicted octanol–water partition coefficient (Wildman–Crippen LogP) is 18.2. The Hall–Kier alpha value is -8.77. The molecule has 0 spiro atoms. The van der Waals surface area contributed by atoms with Crippen LogP contribution in [0.4, 0.5) is 0 Å². The van der Waals surface area contributed by atoms with E-state index in [9.17, 15) is 0 Å². The molecule has 5 heteroatoms. The monoisotopic (exact) mass is 912 g/mol. The maximum Gasteiger partial charge on any atom is 0.136 e. The van der Waals surface area contributed by atoms with Gasteiger partial charge < -0.3 is 13.4 Å². The predicted molar refractivity (Wildman–Crippen MR) is 292 cm³/mol. The van der Waals surface area contributed by atoms with E-state index in [0.29, 0.717) is 0 Å². The van der Waals surface area contributed by atoms with Crippen molar-refractivity contribution in [2.24, 2.45) is 0 Å². The number of hydrogen-bond acceptors (Lipinski definition) is 4. The first-order chi connectivity index (χ1) is 34.7. The molecule has 9 aromatic carbocycles. The van der Waals surface area contributed by atoms with Gasteiger partial charge in [-0.05, 0) is 101 Å². The van der Waals surface area contributed by atoms with Crippen molar-refractivity contribution in [2.45, 2.75) is 12.3 Å². The molecule has 0 fully saturated rings. The van der Waals surface area contributed by atoms with Crippen LogP contribution in [0.2, 0.25) is 0 Å². The van der Waals surface area contributed by atoms with Gasteiger partial charge in [0.25, 0.3) is 0 Å². The average molecular weight is 913 g/mol. The van der Waals surface area contributed by atoms with Crippen LogP contribution in [0.25, 0.3) is 131 Å². The van der Waals surface area contributed by atoms with Gasteiger partial charge in [-0.1, -0.05) is 152 Å². The number of furan rings is 2. The molecule has 5 aromatic heterocycles. The van der Waals surface area contributed by atoms with Crippen molar-refractivity contribution in [1.82, 2.24) is 9.55 Å². The Morgan fingerprint density at radius 1 is 0.457 bits per heavy atom. The molecule has 0 radical (unpaired) electrons. The zero-order valence-electron chi connectivity index (χ0n) is 37.8. The van der Waals surface area contributed by atoms with Crippen molar-refractivity contribution in [3.05, 3.63) is 235 Å². The molecule has 1 aliphatic carbocycles. The number of thiophene rings is 1. The third kappa shape index (κ3) is 6.11. The number of allylic oxidation sites excluding steroid dienone is 1. The average Bonchev–Trinajstić information content (AvgIpc) is 4.19. The second-order valence-corrected chi connectivity index (χ2v) is 19.6. The number of para-hydroxylation sites is 2. The van der Waals surface area contributed by atoms with Gasteiger partial charge in [-0.25, -0.2) is 4.98 Å². The van der Waals surface area contributed by atoms with E-state index in [-0.39, 0.29) is 5.92 Å². The van der Waals surface area contributed by atoms with E-state index < -0.39 is 0 Å². The fourth-order valence-corrected chi connectivity index (χ4v) is 12.5. The van der Waals surface area contributed by atoms with E-state index in [1.54, 1.807) is 0 Å². The Morgan fingerprint density at radius 2 is 1.16 bits per heavy atom. The molecular formula is C65H40N2O2S. The summed E-state index contributed by atoms with van der Waals surface area (Å²) in [6, 6.07) is 76.5. The van der Waals surface area contributed by atoms with E-state index in [2.05, 4.69) is 223 Å². The summed E-state index contributed by atoms with van der Waals surface area (Å²) in [5, 5.41) is 8.33. The first-order valence-corrected chi connectivity index (χ1v) is 24.7. The topological polar surface area (TPSA) is 44.1 Å². The second kappa shape index (κ2) is 15.4. The van der Waals surface area contributed by atoms with E-state index in [0.717, 1.165) is 84.4 Å². The summed E-state index contributed by atoms with van der Waals surface area (Å²) in [6.45, 7) is 0. The summed E-state index contributed by atoms with van der Waals surface area (Å²) in [4.78, 5) is 5.41. The molecule has 1 atom stereocenters. The third-order valence-corrected chi connectivity index (χ3v) is 15.8. The van der Waals surface area contributed by atoms with E-state index in [1.807, 2.05) is 17.4 Å². The summed E-state index contributed by atoms with van der Waals surface area (Å²) in [5.74, 6) is 1.15. The minimum Gasteiger partial charge on any atom is -0.460 e. The fraction of sp³-hybridized carbons (Fsp3) is 0.0308. The normalized spacial score (nSPS) is 13.7. The molecule has 0 saturated heterocycles. The third-order valence-electron chi connectivity index (χ3n) is 14.6. The molecule has 0 aliphatic heterocycles. The van der Waals surface area contributed by atoms with Gasteiger partial charge in [-0.3, -0.25) is 0 Å². The number of aromatic nitrogens is 2. The lowest BCUT2D eigenvalue weighted by Gasteiger charge is -2.19. The van der Waals surface area contributed by atoms with Crippen LogP contribution in [0.15, 0.2) is 227 Å². The van der Waals surface area contributed by atoms with E-state index in [4.69, 9.17) is 13.8 Å². The van der Waals surface area contributed by atoms with Gasteiger partial charge in [-0.2, -0.15) is 0 Å². The Kier molecular flexibility index (Phi) is 8.62. The molecule has 0 N–H and O–H groups in total. The fourth-order valence-electron chi connectivity index (χ4n) is 11.2. The number of rotatable bonds is 6. The first kappa shape index (κ1) is 39.2. The first-order valence-electron chi connectivity index (χ1n) is 23.9. The molecule has 0 bridgehead atoms. The minimum atomic E-state index is 0.120. The summed E-state index contributed by atoms with van der Waals surface area (Å²) in [7, 11) is 0. The van der Waals surface area contributed by atoms with Crippen molar-refractivity contribution in [2.75, 3.05) is 0 Å². The van der Waals surface area contributed by atoms with Gasteiger partial charge in [0.1, 0.15) is 22.5 Å². The highest BCUT2D eigenvalue weighted by Crippen LogP contribution is 2.45. The Bertz CT molecular complexity index is 4450. The smallest absolute Gasteiger partial charge is 0.136 e. The maximum atomic E-state index is 6.65. The minimum absolute atomic E-state index is 0.120. The maximum absolute atomic E-state index is 6.65. The van der Waals surface area contributed by atoms with Crippen LogP contribution >= 0.6 is 11.3 Å². The largest absolute Gasteiger partial charge is 0.460 e. The van der Waals surface area contributed by atoms with Crippen LogP contribution in [-0.2, 0) is 6.42 Å². The molecular weight excluding hydrogens is 873 g/mol. The number of nitrogens with zero attached hydrogens (tertiary/aromatic N) is 2. The Labute approximate surface area is 406 Å². The summed E-state index contributed by atoms with van der Waals surface area (Å²) in [6.07, 6.45) is 5.35. The van der Waals surface area contributed by atoms with Crippen LogP contribution in [0.1, 0.15) is 22.8 Å². The molecule has 0 amide bonds. The van der Waals surface area contributed by atoms with Crippen molar-refractivity contribution < 1.29 is 8.83 Å². The highest BCUT2D eigenvalue weighted by Gasteiger charge is 2.24. The molecule has 328 valence electrons. The zero-order chi connectivity index (χ0) is 45.9. The highest BCUT2D eigenvalue weighted by molar-refractivity contribution is 7.26. The van der Waals surface area contributed by atoms with Crippen LogP contribution in [0.5, 0.6) is 0 Å². The van der Waals surface area contributed by atoms with Gasteiger partial charge in [0, 0.05) is 81.8 Å². The van der Waals surface area contributed by atoms with E-state index >= 15 is 0 Å². The quantitative estimate of drug-likeness (QED) is 0.167. The molecule has 1 unspecified atom stereocenters. The second-order valence-electron chi connectivity index (χ2n) is 18.5. The number of fused-ring (bicyclic) bond motifs is 12. The molecule has 4 nitrogen and oxygen atoms in total. The van der Waals surface area contributed by atoms with Gasteiger partial charge in [0.2, 0.25) is 0 Å². The molecule has 70 heavy (non-hydrogen) atoms. The standard InChI is InChI=1S/C65H40N2O2S/c1-3-13-39(14-4-1)55-35-44(42-25-30-49-48-17-7-9-22-59(48)69-62(49)38-42)36-56(66-55)52-21-12-23-61-64(52)54-34-41(28-32-60(54)68-61)40-27-31-57-53(33-40)47-29-26-43(37-58(47)67(57)45-15-5-2-6-16-45)46-19-11-20-51-50-18-8-10-24-63(50)70-65(46)51/h1-37,42H,38H2. The van der Waals surface area contributed by atoms with Crippen molar-refractivity contribution in [3.8, 4) is 50.5 Å². The number of hydrogen-bond donors (Lipinski definition) is 0. The highest BCUT2D eigenvalue weighted by atomic mass is 32.1. The van der Waals surface area contributed by atoms with Crippen molar-refractivity contribution >= 4 is 92.3 Å². The molecule has 0 saturated carbocycles. The van der Waals surface area contributed by atoms with Gasteiger partial charge in [0.15, 0.2) is 0 Å². The number of benzene rings is 9. The SMILES string of the molecule is C1=CC(c2cc(-c3ccccc3)nc(-c3cccc4oc5ccc(-c6ccc7c(c6)c6ccc(-c8cccc9c8sc8ccccc89)cc6n7-c6ccccc6)cc5c34)c2)Cc2oc3ccccc3c21. The van der Waals surface area contributed by atoms with Crippen molar-refractivity contribution in [3.63, 3.8) is 0 Å². The van der Waals surface area contributed by atoms with Crippen LogP contribution < -0.4 is 0 Å². The lowest BCUT2D eigenvalue weighted by molar-refractivity contribution is 0.532. The van der Waals surface area contributed by atoms with E-state index in [1.165, 1.54) is 64.2 Å². The van der Waals surface area contributed by atoms with Gasteiger partial charge in [-0.15, -0.1) is 11.3 Å². The van der Waals surface area contributed by atoms with Crippen molar-refractivity contribution in [1.29, 1.82) is 0 Å². The molecule has 14 aromatic rings. The Morgan fingerprint density at radius 3 is 2.06 bits per heavy atom. The van der Waals surface area contributed by atoms with Crippen LogP contribution in [0.3, 0.4) is 0 Å². The van der Waals surface area contributed by atoms with Crippen LogP contribution in [0, 0.1) is 0 Å².